The van der Waals surface area contributed by atoms with Gasteiger partial charge in [0.25, 0.3) is 5.91 Å². The van der Waals surface area contributed by atoms with Crippen molar-refractivity contribution in [3.8, 4) is 0 Å². The smallest absolute Gasteiger partial charge is 0.289 e. The SMILES string of the molecule is C[C@@H]1C[C@@H](c2ccc(F)cc2)CN1C(=O)c1ccc(CN)o1. The van der Waals surface area contributed by atoms with Crippen LogP contribution in [0.15, 0.2) is 40.8 Å². The van der Waals surface area contributed by atoms with E-state index >= 15 is 0 Å². The molecular weight excluding hydrogens is 283 g/mol. The maximum atomic E-state index is 13.0. The first-order valence-corrected chi connectivity index (χ1v) is 7.43. The Morgan fingerprint density at radius 1 is 1.32 bits per heavy atom. The standard InChI is InChI=1S/C17H19FN2O2/c1-11-8-13(12-2-4-14(18)5-3-12)10-20(11)17(21)16-7-6-15(9-19)22-16/h2-7,11,13H,8-10,19H2,1H3/t11-,13-/m1/s1. The van der Waals surface area contributed by atoms with Gasteiger partial charge in [0.1, 0.15) is 11.6 Å². The number of halogens is 1. The highest BCUT2D eigenvalue weighted by molar-refractivity contribution is 5.92. The Bertz CT molecular complexity index is 666. The largest absolute Gasteiger partial charge is 0.455 e. The van der Waals surface area contributed by atoms with Crippen molar-refractivity contribution in [1.82, 2.24) is 4.90 Å². The Morgan fingerprint density at radius 2 is 2.05 bits per heavy atom. The van der Waals surface area contributed by atoms with Crippen molar-refractivity contribution in [2.45, 2.75) is 31.8 Å². The number of rotatable bonds is 3. The lowest BCUT2D eigenvalue weighted by molar-refractivity contribution is 0.0711. The van der Waals surface area contributed by atoms with Crippen LogP contribution in [-0.4, -0.2) is 23.4 Å². The van der Waals surface area contributed by atoms with Crippen LogP contribution < -0.4 is 5.73 Å². The molecule has 1 fully saturated rings. The number of carbonyl (C=O) groups is 1. The molecular formula is C17H19FN2O2. The summed E-state index contributed by atoms with van der Waals surface area (Å²) in [5.74, 6) is 0.797. The van der Waals surface area contributed by atoms with Crippen LogP contribution in [0.1, 0.15) is 41.1 Å². The number of furan rings is 1. The van der Waals surface area contributed by atoms with E-state index < -0.39 is 0 Å². The number of nitrogens with two attached hydrogens (primary N) is 1. The number of likely N-dealkylation sites (tertiary alicyclic amines) is 1. The molecule has 0 bridgehead atoms. The summed E-state index contributed by atoms with van der Waals surface area (Å²) in [6.45, 7) is 2.92. The molecule has 22 heavy (non-hydrogen) atoms. The molecule has 1 aliphatic heterocycles. The van der Waals surface area contributed by atoms with Crippen molar-refractivity contribution in [1.29, 1.82) is 0 Å². The third-order valence-corrected chi connectivity index (χ3v) is 4.25. The van der Waals surface area contributed by atoms with E-state index in [9.17, 15) is 9.18 Å². The van der Waals surface area contributed by atoms with Gasteiger partial charge in [0.05, 0.1) is 6.54 Å². The molecule has 0 radical (unpaired) electrons. The van der Waals surface area contributed by atoms with Gasteiger partial charge in [0.2, 0.25) is 0 Å². The normalized spacial score (nSPS) is 21.3. The van der Waals surface area contributed by atoms with E-state index in [1.807, 2.05) is 11.8 Å². The molecule has 1 aromatic heterocycles. The topological polar surface area (TPSA) is 59.5 Å². The molecule has 1 saturated heterocycles. The summed E-state index contributed by atoms with van der Waals surface area (Å²) in [5, 5.41) is 0. The molecule has 2 N–H and O–H groups in total. The minimum absolute atomic E-state index is 0.114. The Kier molecular flexibility index (Phi) is 3.98. The fourth-order valence-electron chi connectivity index (χ4n) is 3.03. The number of carbonyl (C=O) groups excluding carboxylic acids is 1. The van der Waals surface area contributed by atoms with Crippen molar-refractivity contribution in [2.75, 3.05) is 6.54 Å². The Morgan fingerprint density at radius 3 is 2.68 bits per heavy atom. The predicted molar refractivity (Wildman–Crippen MR) is 80.9 cm³/mol. The summed E-state index contributed by atoms with van der Waals surface area (Å²) in [4.78, 5) is 14.4. The van der Waals surface area contributed by atoms with Gasteiger partial charge in [-0.05, 0) is 43.2 Å². The quantitative estimate of drug-likeness (QED) is 0.948. The molecule has 4 nitrogen and oxygen atoms in total. The zero-order valence-corrected chi connectivity index (χ0v) is 12.5. The van der Waals surface area contributed by atoms with Gasteiger partial charge in [0.15, 0.2) is 5.76 Å². The van der Waals surface area contributed by atoms with Crippen molar-refractivity contribution in [3.05, 3.63) is 59.3 Å². The van der Waals surface area contributed by atoms with Gasteiger partial charge in [-0.25, -0.2) is 4.39 Å². The van der Waals surface area contributed by atoms with E-state index in [-0.39, 0.29) is 30.2 Å². The van der Waals surface area contributed by atoms with Crippen molar-refractivity contribution < 1.29 is 13.6 Å². The zero-order chi connectivity index (χ0) is 15.7. The predicted octanol–water partition coefficient (Wildman–Crippen LogP) is 2.90. The van der Waals surface area contributed by atoms with E-state index in [4.69, 9.17) is 10.2 Å². The summed E-state index contributed by atoms with van der Waals surface area (Å²) in [6, 6.07) is 10.0. The average Bonchev–Trinajstić information content (AvgIpc) is 3.14. The van der Waals surface area contributed by atoms with Crippen LogP contribution in [0.2, 0.25) is 0 Å². The molecule has 0 aliphatic carbocycles. The molecule has 5 heteroatoms. The van der Waals surface area contributed by atoms with Crippen LogP contribution in [0.4, 0.5) is 4.39 Å². The minimum Gasteiger partial charge on any atom is -0.455 e. The van der Waals surface area contributed by atoms with E-state index in [2.05, 4.69) is 0 Å². The third-order valence-electron chi connectivity index (χ3n) is 4.25. The van der Waals surface area contributed by atoms with Gasteiger partial charge >= 0.3 is 0 Å². The fraction of sp³-hybridized carbons (Fsp3) is 0.353. The van der Waals surface area contributed by atoms with Crippen molar-refractivity contribution in [2.24, 2.45) is 5.73 Å². The van der Waals surface area contributed by atoms with Gasteiger partial charge < -0.3 is 15.1 Å². The van der Waals surface area contributed by atoms with E-state index in [0.29, 0.717) is 18.1 Å². The maximum Gasteiger partial charge on any atom is 0.289 e. The van der Waals surface area contributed by atoms with Crippen LogP contribution in [0.3, 0.4) is 0 Å². The highest BCUT2D eigenvalue weighted by Crippen LogP contribution is 2.32. The Balaban J connectivity index is 1.75. The molecule has 1 amide bonds. The van der Waals surface area contributed by atoms with Crippen molar-refractivity contribution in [3.63, 3.8) is 0 Å². The van der Waals surface area contributed by atoms with Crippen LogP contribution in [0.5, 0.6) is 0 Å². The molecule has 2 aromatic rings. The molecule has 0 spiro atoms. The highest BCUT2D eigenvalue weighted by atomic mass is 19.1. The summed E-state index contributed by atoms with van der Waals surface area (Å²) in [6.07, 6.45) is 0.863. The van der Waals surface area contributed by atoms with Gasteiger partial charge in [-0.2, -0.15) is 0 Å². The monoisotopic (exact) mass is 302 g/mol. The molecule has 1 aliphatic rings. The van der Waals surface area contributed by atoms with Crippen LogP contribution >= 0.6 is 0 Å². The van der Waals surface area contributed by atoms with E-state index in [0.717, 1.165) is 12.0 Å². The molecule has 2 atom stereocenters. The van der Waals surface area contributed by atoms with Crippen molar-refractivity contribution >= 4 is 5.91 Å². The van der Waals surface area contributed by atoms with Crippen LogP contribution in [0, 0.1) is 5.82 Å². The lowest BCUT2D eigenvalue weighted by atomic mass is 9.97. The zero-order valence-electron chi connectivity index (χ0n) is 12.5. The first-order valence-electron chi connectivity index (χ1n) is 7.43. The number of nitrogens with zero attached hydrogens (tertiary/aromatic N) is 1. The number of hydrogen-bond donors (Lipinski definition) is 1. The maximum absolute atomic E-state index is 13.0. The lowest BCUT2D eigenvalue weighted by Crippen LogP contribution is -2.33. The average molecular weight is 302 g/mol. The Labute approximate surface area is 128 Å². The Hall–Kier alpha value is -2.14. The summed E-state index contributed by atoms with van der Waals surface area (Å²) in [5.41, 5.74) is 6.57. The summed E-state index contributed by atoms with van der Waals surface area (Å²) >= 11 is 0. The lowest BCUT2D eigenvalue weighted by Gasteiger charge is -2.20. The van der Waals surface area contributed by atoms with Gasteiger partial charge in [0, 0.05) is 18.5 Å². The molecule has 2 heterocycles. The third kappa shape index (κ3) is 2.76. The van der Waals surface area contributed by atoms with Crippen LogP contribution in [0.25, 0.3) is 0 Å². The summed E-state index contributed by atoms with van der Waals surface area (Å²) < 4.78 is 18.5. The molecule has 0 saturated carbocycles. The van der Waals surface area contributed by atoms with Gasteiger partial charge in [-0.1, -0.05) is 12.1 Å². The number of hydrogen-bond acceptors (Lipinski definition) is 3. The van der Waals surface area contributed by atoms with E-state index in [1.165, 1.54) is 12.1 Å². The second kappa shape index (κ2) is 5.93. The molecule has 116 valence electrons. The molecule has 1 aromatic carbocycles. The first kappa shape index (κ1) is 14.8. The number of benzene rings is 1. The second-order valence-electron chi connectivity index (χ2n) is 5.76. The first-order chi connectivity index (χ1) is 10.6. The minimum atomic E-state index is -0.243. The van der Waals surface area contributed by atoms with Gasteiger partial charge in [-0.3, -0.25) is 4.79 Å². The number of amides is 1. The second-order valence-corrected chi connectivity index (χ2v) is 5.76. The van der Waals surface area contributed by atoms with E-state index in [1.54, 1.807) is 24.3 Å². The fourth-order valence-corrected chi connectivity index (χ4v) is 3.03. The molecule has 3 rings (SSSR count). The van der Waals surface area contributed by atoms with Gasteiger partial charge in [-0.15, -0.1) is 0 Å². The summed E-state index contributed by atoms with van der Waals surface area (Å²) in [7, 11) is 0. The molecule has 0 unspecified atom stereocenters. The van der Waals surface area contributed by atoms with Crippen LogP contribution in [-0.2, 0) is 6.54 Å². The highest BCUT2D eigenvalue weighted by Gasteiger charge is 2.34.